The first-order valence-corrected chi connectivity index (χ1v) is 0. The van der Waals surface area contributed by atoms with Gasteiger partial charge >= 0.3 is 120 Å². The van der Waals surface area contributed by atoms with Gasteiger partial charge < -0.3 is 0 Å². The molecule has 0 aromatic carbocycles. The molecule has 22 valence electrons. The third kappa shape index (κ3) is 9.31. The molecule has 0 rings (SSSR count). The summed E-state index contributed by atoms with van der Waals surface area (Å²) >= 11 is 0. The molecule has 0 aliphatic heterocycles. The van der Waals surface area contributed by atoms with Crippen molar-refractivity contribution in [3.05, 3.63) is 0 Å². The van der Waals surface area contributed by atoms with Gasteiger partial charge in [0.15, 0.2) is 0 Å². The number of hydrogen-bond acceptors (Lipinski definition) is 0. The number of hydrogen-bond donors (Lipinski definition) is 0. The fraction of sp³-hybridized carbons (Fsp3) is 0. The monoisotopic (exact) mass is 286 g/mol. The van der Waals surface area contributed by atoms with Gasteiger partial charge in [-0.3, -0.25) is 0 Å². The second kappa shape index (κ2) is 15.8. The van der Waals surface area contributed by atoms with Crippen molar-refractivity contribution in [3.63, 3.8) is 0 Å². The summed E-state index contributed by atoms with van der Waals surface area (Å²) in [6.07, 6.45) is 0. The third-order valence-electron chi connectivity index (χ3n) is 0. The summed E-state index contributed by atoms with van der Waals surface area (Å²) in [5, 5.41) is 0. The minimum absolute atomic E-state index is 0. The Hall–Kier alpha value is 3.90. The van der Waals surface area contributed by atoms with E-state index in [1.165, 1.54) is 0 Å². The Balaban J connectivity index is 0. The van der Waals surface area contributed by atoms with Crippen LogP contribution in [0.3, 0.4) is 0 Å². The second-order valence-corrected chi connectivity index (χ2v) is 0. The van der Waals surface area contributed by atoms with Crippen molar-refractivity contribution in [2.45, 2.75) is 0 Å². The maximum atomic E-state index is 0. The SMILES string of the molecule is [CaH2].[GaH3].[SeH2].[SrH2]. The van der Waals surface area contributed by atoms with Crippen molar-refractivity contribution in [3.8, 4) is 0 Å². The van der Waals surface area contributed by atoms with E-state index < -0.39 is 0 Å². The molecule has 0 saturated carbocycles. The van der Waals surface area contributed by atoms with E-state index in [0.717, 1.165) is 0 Å². The first kappa shape index (κ1) is 24.7. The van der Waals surface area contributed by atoms with Crippen LogP contribution in [0.5, 0.6) is 0 Å². The molecule has 4 heteroatoms. The molecule has 0 aliphatic rings. The molecule has 0 atom stereocenters. The molecular weight excluding hydrogens is 276 g/mol. The summed E-state index contributed by atoms with van der Waals surface area (Å²) in [5.41, 5.74) is 0. The molecule has 0 saturated heterocycles. The summed E-state index contributed by atoms with van der Waals surface area (Å²) < 4.78 is 0. The predicted molar refractivity (Wildman–Crippen MR) is 35.6 cm³/mol. The van der Waals surface area contributed by atoms with Crippen LogP contribution in [-0.2, 0) is 0 Å². The van der Waals surface area contributed by atoms with Crippen LogP contribution >= 0.6 is 0 Å². The Labute approximate surface area is 117 Å². The van der Waals surface area contributed by atoms with Gasteiger partial charge in [-0.25, -0.2) is 0 Å². The molecule has 0 fully saturated rings. The summed E-state index contributed by atoms with van der Waals surface area (Å²) in [6.45, 7) is 0. The van der Waals surface area contributed by atoms with Gasteiger partial charge in [0.2, 0.25) is 0 Å². The van der Waals surface area contributed by atoms with Crippen molar-refractivity contribution < 1.29 is 0 Å². The van der Waals surface area contributed by atoms with Crippen LogP contribution in [-0.4, -0.2) is 120 Å². The molecule has 0 nitrogen and oxygen atoms in total. The third-order valence-corrected chi connectivity index (χ3v) is 0. The zero-order chi connectivity index (χ0) is 0. The van der Waals surface area contributed by atoms with Gasteiger partial charge in [0.05, 0.1) is 0 Å². The Morgan fingerprint density at radius 3 is 1.00 bits per heavy atom. The van der Waals surface area contributed by atoms with Crippen molar-refractivity contribution in [2.24, 2.45) is 0 Å². The summed E-state index contributed by atoms with van der Waals surface area (Å²) in [7, 11) is 0. The van der Waals surface area contributed by atoms with Gasteiger partial charge in [0.1, 0.15) is 0 Å². The van der Waals surface area contributed by atoms with E-state index in [1.807, 2.05) is 0 Å². The molecule has 0 bridgehead atoms. The van der Waals surface area contributed by atoms with Crippen LogP contribution in [0.15, 0.2) is 0 Å². The fourth-order valence-electron chi connectivity index (χ4n) is 0. The molecule has 0 N–H and O–H groups in total. The number of rotatable bonds is 0. The molecule has 0 spiro atoms. The summed E-state index contributed by atoms with van der Waals surface area (Å²) in [5.74, 6) is 0. The zero-order valence-corrected chi connectivity index (χ0v) is 2.60. The van der Waals surface area contributed by atoms with Crippen LogP contribution in [0.25, 0.3) is 0 Å². The Morgan fingerprint density at radius 1 is 1.00 bits per heavy atom. The van der Waals surface area contributed by atoms with E-state index in [0.29, 0.717) is 0 Å². The molecule has 0 heterocycles. The Kier molecular flexibility index (Phi) is 97.7. The first-order valence-electron chi connectivity index (χ1n) is 0. The molecule has 0 amide bonds. The van der Waals surface area contributed by atoms with Crippen LogP contribution in [0.1, 0.15) is 0 Å². The molecular formula is H9CaGaSeSr. The Bertz CT molecular complexity index is 8.00. The normalized spacial score (nSPS) is 0. The molecule has 0 radical (unpaired) electrons. The van der Waals surface area contributed by atoms with E-state index in [4.69, 9.17) is 0 Å². The molecule has 4 heavy (non-hydrogen) atoms. The van der Waals surface area contributed by atoms with Crippen molar-refractivity contribution in [2.75, 3.05) is 0 Å². The molecule has 0 aromatic rings. The van der Waals surface area contributed by atoms with Gasteiger partial charge in [0, 0.05) is 0 Å². The van der Waals surface area contributed by atoms with Gasteiger partial charge in [-0.1, -0.05) is 0 Å². The van der Waals surface area contributed by atoms with Gasteiger partial charge in [-0.05, 0) is 0 Å². The first-order chi connectivity index (χ1) is 0. The van der Waals surface area contributed by atoms with E-state index in [2.05, 4.69) is 0 Å². The Morgan fingerprint density at radius 2 is 1.00 bits per heavy atom. The average Bonchev–Trinajstić information content (AvgIpc) is 0. The topological polar surface area (TPSA) is 0 Å². The van der Waals surface area contributed by atoms with Crippen molar-refractivity contribution in [1.82, 2.24) is 0 Å². The average molecular weight is 285 g/mol. The van der Waals surface area contributed by atoms with Gasteiger partial charge in [-0.15, -0.1) is 0 Å². The van der Waals surface area contributed by atoms with E-state index in [9.17, 15) is 0 Å². The van der Waals surface area contributed by atoms with E-state index >= 15 is 0 Å². The summed E-state index contributed by atoms with van der Waals surface area (Å²) in [6, 6.07) is 0. The van der Waals surface area contributed by atoms with E-state index in [1.54, 1.807) is 0 Å². The summed E-state index contributed by atoms with van der Waals surface area (Å²) in [4.78, 5) is 0. The fourth-order valence-corrected chi connectivity index (χ4v) is 0. The molecule has 0 aliphatic carbocycles. The van der Waals surface area contributed by atoms with Crippen LogP contribution < -0.4 is 0 Å². The minimum atomic E-state index is 0. The van der Waals surface area contributed by atoms with Gasteiger partial charge in [0.25, 0.3) is 0 Å². The zero-order valence-electron chi connectivity index (χ0n) is 0.500. The van der Waals surface area contributed by atoms with Crippen LogP contribution in [0, 0.1) is 0 Å². The van der Waals surface area contributed by atoms with Crippen molar-refractivity contribution >= 4 is 120 Å². The quantitative estimate of drug-likeness (QED) is 0.399. The maximum absolute atomic E-state index is 0. The van der Waals surface area contributed by atoms with Crippen molar-refractivity contribution in [1.29, 1.82) is 0 Å². The standard InChI is InChI=1S/Ca.Ga.H2Se.Sr.7H/h;;1H2;;;;;;;;. The molecule has 0 unspecified atom stereocenters. The predicted octanol–water partition coefficient (Wildman–Crippen LogP) is -3.93. The van der Waals surface area contributed by atoms with Crippen LogP contribution in [0.4, 0.5) is 0 Å². The van der Waals surface area contributed by atoms with E-state index in [-0.39, 0.29) is 120 Å². The molecule has 0 aromatic heterocycles. The van der Waals surface area contributed by atoms with Gasteiger partial charge in [-0.2, -0.15) is 0 Å². The second-order valence-electron chi connectivity index (χ2n) is 0. The van der Waals surface area contributed by atoms with Crippen LogP contribution in [0.2, 0.25) is 0 Å².